The fraction of sp³-hybridized carbons (Fsp3) is 0.604. The SMILES string of the molecule is CCCCCOC1CCC(NC(=O)c2ccn3c(C)cc(C)nc23)C1.CCCCCOC1CCC(NC(=O)c2ccn3c(COC)cc(COC)nc23)CC1.CCCCCO[C@@H]1CC[C@@H](NC(=O)c2ccn3c(C)cc(C)nc23)C1.CCCCCO[C@H]1CC[C@H](NC(=O)c2ccn3c(C)cc(C)nc23)C1.Cc1cc(C)n2ccc(C(=O)NCC3CCC(C)(F)CC3)c2n1. The maximum atomic E-state index is 13.8. The average molecular weight is 1770 g/mol. The Bertz CT molecular complexity index is 4940. The molecule has 6 atom stereocenters. The first-order valence-corrected chi connectivity index (χ1v) is 47.7. The molecule has 0 aromatic carbocycles. The van der Waals surface area contributed by atoms with Gasteiger partial charge >= 0.3 is 0 Å². The number of hydrogen-bond acceptors (Lipinski definition) is 16. The minimum atomic E-state index is -1.03. The molecule has 0 saturated heterocycles. The number of aryl methyl sites for hydroxylation is 8. The number of ether oxygens (including phenoxy) is 6. The van der Waals surface area contributed by atoms with Crippen LogP contribution in [0.5, 0.6) is 0 Å². The van der Waals surface area contributed by atoms with Gasteiger partial charge in [0.05, 0.1) is 76.8 Å². The van der Waals surface area contributed by atoms with Crippen molar-refractivity contribution in [2.75, 3.05) is 47.2 Å². The fourth-order valence-electron chi connectivity index (χ4n) is 18.5. The Balaban J connectivity index is 0.000000155. The van der Waals surface area contributed by atoms with E-state index in [2.05, 4.69) is 79.2 Å². The second-order valence-electron chi connectivity index (χ2n) is 36.5. The van der Waals surface area contributed by atoms with Crippen molar-refractivity contribution in [1.82, 2.24) is 73.5 Å². The van der Waals surface area contributed by atoms with Crippen molar-refractivity contribution in [3.8, 4) is 0 Å². The van der Waals surface area contributed by atoms with Crippen molar-refractivity contribution in [3.63, 3.8) is 0 Å². The van der Waals surface area contributed by atoms with Crippen molar-refractivity contribution in [2.45, 2.75) is 344 Å². The molecule has 10 aromatic rings. The molecule has 5 saturated carbocycles. The number of halogens is 1. The van der Waals surface area contributed by atoms with E-state index in [9.17, 15) is 28.4 Å². The van der Waals surface area contributed by atoms with Crippen molar-refractivity contribution in [3.05, 3.63) is 176 Å². The molecule has 0 radical (unpaired) electrons. The van der Waals surface area contributed by atoms with E-state index in [-0.39, 0.29) is 72.0 Å². The standard InChI is InChI=1S/C23H35N3O4.3C20H29N3O2.C18H24FN3O/c1-4-5-6-13-30-20-9-7-17(8-10-20)25-23(27)21-11-12-26-19(16-29-3)14-18(15-28-2)24-22(21)26;3*1-4-5-6-11-25-17-8-7-16(13-17)22-20(24)18-9-10-23-15(3)12-14(2)21-19(18)23;1-12-10-13(2)22-9-6-15(16(22)21-12)17(23)20-11-14-4-7-18(3,19)8-5-14/h11-12,14,17,20H,4-10,13,15-16H2,1-3H3,(H,25,27);3*9-10,12,16-17H,4-8,11,13H2,1-3H3,(H,22,24);6,9-10,14H,4-5,7-8,11H2,1-3H3,(H,20,23)/t;2*16-,17-;;/m.10../s1. The lowest BCUT2D eigenvalue weighted by Gasteiger charge is -2.31. The second-order valence-corrected chi connectivity index (χ2v) is 36.5. The van der Waals surface area contributed by atoms with Crippen LogP contribution in [0.1, 0.15) is 330 Å². The van der Waals surface area contributed by atoms with Crippen LogP contribution in [-0.2, 0) is 41.6 Å². The highest BCUT2D eigenvalue weighted by molar-refractivity contribution is 6.03. The highest BCUT2D eigenvalue weighted by Gasteiger charge is 2.34. The van der Waals surface area contributed by atoms with Gasteiger partial charge < -0.3 is 77.0 Å². The van der Waals surface area contributed by atoms with Crippen LogP contribution in [-0.4, -0.2) is 178 Å². The number of carbonyl (C=O) groups excluding carboxylic acids is 5. The Hall–Kier alpha value is -9.51. The summed E-state index contributed by atoms with van der Waals surface area (Å²) in [5.41, 5.74) is 15.4. The lowest BCUT2D eigenvalue weighted by molar-refractivity contribution is 0.0205. The highest BCUT2D eigenvalue weighted by atomic mass is 19.1. The van der Waals surface area contributed by atoms with Crippen molar-refractivity contribution in [1.29, 1.82) is 0 Å². The van der Waals surface area contributed by atoms with E-state index >= 15 is 0 Å². The number of hydrogen-bond donors (Lipinski definition) is 5. The summed E-state index contributed by atoms with van der Waals surface area (Å²) >= 11 is 0. The molecule has 15 rings (SSSR count). The predicted molar refractivity (Wildman–Crippen MR) is 501 cm³/mol. The number of unbranched alkanes of at least 4 members (excludes halogenated alkanes) is 8. The van der Waals surface area contributed by atoms with Gasteiger partial charge in [-0.05, 0) is 264 Å². The largest absolute Gasteiger partial charge is 0.378 e. The number of alkyl halides is 1. The Labute approximate surface area is 757 Å². The number of carbonyl (C=O) groups is 5. The molecule has 698 valence electrons. The maximum absolute atomic E-state index is 13.8. The zero-order chi connectivity index (χ0) is 91.4. The minimum Gasteiger partial charge on any atom is -0.378 e. The zero-order valence-corrected chi connectivity index (χ0v) is 79.2. The van der Waals surface area contributed by atoms with Gasteiger partial charge in [-0.25, -0.2) is 29.3 Å². The van der Waals surface area contributed by atoms with Crippen LogP contribution in [0.3, 0.4) is 0 Å². The van der Waals surface area contributed by atoms with E-state index in [0.717, 1.165) is 222 Å². The average Bonchev–Trinajstić information content (AvgIpc) is 1.66. The van der Waals surface area contributed by atoms with E-state index in [1.54, 1.807) is 21.1 Å². The molecule has 10 aromatic heterocycles. The van der Waals surface area contributed by atoms with Gasteiger partial charge in [-0.3, -0.25) is 24.0 Å². The number of methoxy groups -OCH3 is 2. The van der Waals surface area contributed by atoms with Gasteiger partial charge in [0.15, 0.2) is 0 Å². The molecule has 0 spiro atoms. The Morgan fingerprint density at radius 1 is 0.375 bits per heavy atom. The second kappa shape index (κ2) is 48.9. The number of aromatic nitrogens is 10. The van der Waals surface area contributed by atoms with Crippen LogP contribution in [0.25, 0.3) is 28.2 Å². The number of nitrogens with zero attached hydrogens (tertiary/aromatic N) is 10. The predicted octanol–water partition coefficient (Wildman–Crippen LogP) is 18.9. The molecule has 5 aliphatic carbocycles. The number of amides is 5. The quantitative estimate of drug-likeness (QED) is 0.0231. The lowest BCUT2D eigenvalue weighted by Crippen LogP contribution is -2.39. The molecular formula is C101H146FN15O11. The Kier molecular flexibility index (Phi) is 37.9. The topological polar surface area (TPSA) is 287 Å². The van der Waals surface area contributed by atoms with E-state index < -0.39 is 5.67 Å². The van der Waals surface area contributed by atoms with Gasteiger partial charge in [0.25, 0.3) is 29.5 Å². The van der Waals surface area contributed by atoms with Gasteiger partial charge in [-0.2, -0.15) is 0 Å². The Morgan fingerprint density at radius 2 is 0.672 bits per heavy atom. The van der Waals surface area contributed by atoms with Crippen LogP contribution >= 0.6 is 0 Å². The molecule has 26 nitrogen and oxygen atoms in total. The first kappa shape index (κ1) is 99.1. The summed E-state index contributed by atoms with van der Waals surface area (Å²) in [5, 5.41) is 15.7. The van der Waals surface area contributed by atoms with Crippen LogP contribution in [0.2, 0.25) is 0 Å². The lowest BCUT2D eigenvalue weighted by atomic mass is 9.81. The summed E-state index contributed by atoms with van der Waals surface area (Å²) in [5.74, 6) is 0.104. The number of rotatable bonds is 35. The molecule has 5 N–H and O–H groups in total. The van der Waals surface area contributed by atoms with Gasteiger partial charge in [-0.1, -0.05) is 79.1 Å². The fourth-order valence-corrected chi connectivity index (χ4v) is 18.5. The molecular weight excluding hydrogens is 1620 g/mol. The van der Waals surface area contributed by atoms with Gasteiger partial charge in [0, 0.05) is 148 Å². The highest BCUT2D eigenvalue weighted by Crippen LogP contribution is 2.35. The smallest absolute Gasteiger partial charge is 0.255 e. The third kappa shape index (κ3) is 28.0. The van der Waals surface area contributed by atoms with Crippen molar-refractivity contribution in [2.24, 2.45) is 5.92 Å². The number of nitrogens with one attached hydrogen (secondary N) is 5. The molecule has 0 bridgehead atoms. The molecule has 5 fully saturated rings. The molecule has 2 unspecified atom stereocenters. The summed E-state index contributed by atoms with van der Waals surface area (Å²) in [6, 6.07) is 20.0. The molecule has 5 aliphatic rings. The van der Waals surface area contributed by atoms with E-state index in [4.69, 9.17) is 28.4 Å². The molecule has 5 amide bonds. The maximum Gasteiger partial charge on any atom is 0.255 e. The van der Waals surface area contributed by atoms with Crippen molar-refractivity contribution < 1.29 is 56.8 Å². The first-order chi connectivity index (χ1) is 61.7. The zero-order valence-electron chi connectivity index (χ0n) is 79.2. The molecule has 10 heterocycles. The van der Waals surface area contributed by atoms with Crippen LogP contribution in [0, 0.1) is 61.3 Å². The summed E-state index contributed by atoms with van der Waals surface area (Å²) < 4.78 is 57.9. The summed E-state index contributed by atoms with van der Waals surface area (Å²) in [6.45, 7) is 31.2. The van der Waals surface area contributed by atoms with Crippen molar-refractivity contribution >= 4 is 57.8 Å². The third-order valence-electron chi connectivity index (χ3n) is 25.6. The molecule has 0 aliphatic heterocycles. The summed E-state index contributed by atoms with van der Waals surface area (Å²) in [7, 11) is 3.29. The normalized spacial score (nSPS) is 20.9. The van der Waals surface area contributed by atoms with Gasteiger partial charge in [-0.15, -0.1) is 0 Å². The molecule has 27 heteroatoms. The van der Waals surface area contributed by atoms with Gasteiger partial charge in [0.2, 0.25) is 0 Å². The van der Waals surface area contributed by atoms with Crippen LogP contribution < -0.4 is 26.6 Å². The number of fused-ring (bicyclic) bond motifs is 5. The van der Waals surface area contributed by atoms with Crippen LogP contribution in [0.15, 0.2) is 91.6 Å². The Morgan fingerprint density at radius 3 is 1.01 bits per heavy atom. The summed E-state index contributed by atoms with van der Waals surface area (Å²) in [6.07, 6.45) is 40.5. The monoisotopic (exact) mass is 1760 g/mol. The van der Waals surface area contributed by atoms with E-state index in [1.165, 1.54) is 51.4 Å². The first-order valence-electron chi connectivity index (χ1n) is 47.7. The minimum absolute atomic E-state index is 0.0309. The molecule has 128 heavy (non-hydrogen) atoms. The van der Waals surface area contributed by atoms with E-state index in [1.807, 2.05) is 169 Å². The van der Waals surface area contributed by atoms with Gasteiger partial charge in [0.1, 0.15) is 33.9 Å². The van der Waals surface area contributed by atoms with E-state index in [0.29, 0.717) is 83.7 Å². The summed E-state index contributed by atoms with van der Waals surface area (Å²) in [4.78, 5) is 86.3. The van der Waals surface area contributed by atoms with Crippen LogP contribution in [0.4, 0.5) is 4.39 Å². The third-order valence-corrected chi connectivity index (χ3v) is 25.6.